The van der Waals surface area contributed by atoms with Gasteiger partial charge in [0.1, 0.15) is 5.92 Å². The van der Waals surface area contributed by atoms with Crippen LogP contribution in [0.25, 0.3) is 0 Å². The van der Waals surface area contributed by atoms with Gasteiger partial charge in [0.2, 0.25) is 5.91 Å². The Morgan fingerprint density at radius 2 is 1.50 bits per heavy atom. The fourth-order valence-corrected chi connectivity index (χ4v) is 4.43. The second kappa shape index (κ2) is 7.58. The molecular weight excluding hydrogens is 410 g/mol. The van der Waals surface area contributed by atoms with E-state index in [0.717, 1.165) is 21.7 Å². The van der Waals surface area contributed by atoms with Gasteiger partial charge in [-0.05, 0) is 42.3 Å². The predicted octanol–water partition coefficient (Wildman–Crippen LogP) is 3.95. The molecule has 32 heavy (non-hydrogen) atoms. The average molecular weight is 429 g/mol. The van der Waals surface area contributed by atoms with E-state index >= 15 is 0 Å². The Morgan fingerprint density at radius 1 is 0.844 bits per heavy atom. The van der Waals surface area contributed by atoms with E-state index < -0.39 is 28.9 Å². The fourth-order valence-electron chi connectivity index (χ4n) is 4.43. The predicted molar refractivity (Wildman–Crippen MR) is 117 cm³/mol. The number of hydroxylamine groups is 1. The van der Waals surface area contributed by atoms with Crippen LogP contribution < -0.4 is 9.96 Å². The van der Waals surface area contributed by atoms with E-state index in [2.05, 4.69) is 0 Å². The molecule has 0 radical (unpaired) electrons. The lowest BCUT2D eigenvalue weighted by Gasteiger charge is -2.29. The molecule has 2 aliphatic heterocycles. The minimum Gasteiger partial charge on any atom is -0.273 e. The number of rotatable bonds is 4. The van der Waals surface area contributed by atoms with Crippen molar-refractivity contribution in [1.82, 2.24) is 0 Å². The number of hydrogen-bond donors (Lipinski definition) is 0. The van der Waals surface area contributed by atoms with Gasteiger partial charge in [0.15, 0.2) is 6.10 Å². The lowest BCUT2D eigenvalue weighted by Crippen LogP contribution is -2.37. The Morgan fingerprint density at radius 3 is 2.16 bits per heavy atom. The first kappa shape index (κ1) is 19.9. The Hall–Kier alpha value is -4.04. The Bertz CT molecular complexity index is 1210. The molecule has 2 saturated heterocycles. The maximum Gasteiger partial charge on any atom is 0.269 e. The van der Waals surface area contributed by atoms with E-state index in [9.17, 15) is 19.7 Å². The second-order valence-electron chi connectivity index (χ2n) is 7.80. The topological polar surface area (TPSA) is 93.0 Å². The van der Waals surface area contributed by atoms with Gasteiger partial charge in [-0.3, -0.25) is 24.5 Å². The number of carbonyl (C=O) groups excluding carboxylic acids is 2. The number of nitro benzene ring substituents is 1. The molecule has 2 fully saturated rings. The highest BCUT2D eigenvalue weighted by Crippen LogP contribution is 2.48. The zero-order valence-corrected chi connectivity index (χ0v) is 17.1. The SMILES string of the molecule is Cc1ccccc1[C@H]1[C@@H]2C(=O)N(c3ccc([N+](=O)[O-])cc3)C(=O)[C@H]2ON1c1ccccc1. The number of carbonyl (C=O) groups is 2. The van der Waals surface area contributed by atoms with Crippen molar-refractivity contribution in [2.75, 3.05) is 9.96 Å². The van der Waals surface area contributed by atoms with Crippen molar-refractivity contribution < 1.29 is 19.3 Å². The van der Waals surface area contributed by atoms with Crippen molar-refractivity contribution in [3.05, 3.63) is 100 Å². The van der Waals surface area contributed by atoms with E-state index in [1.807, 2.05) is 61.5 Å². The van der Waals surface area contributed by atoms with Crippen LogP contribution in [0.5, 0.6) is 0 Å². The van der Waals surface area contributed by atoms with Gasteiger partial charge < -0.3 is 0 Å². The van der Waals surface area contributed by atoms with Crippen molar-refractivity contribution in [2.24, 2.45) is 5.92 Å². The number of imide groups is 1. The molecule has 160 valence electrons. The first-order chi connectivity index (χ1) is 15.5. The summed E-state index contributed by atoms with van der Waals surface area (Å²) in [5.41, 5.74) is 2.81. The summed E-state index contributed by atoms with van der Waals surface area (Å²) in [4.78, 5) is 44.4. The average Bonchev–Trinajstić information content (AvgIpc) is 3.31. The molecule has 0 saturated carbocycles. The largest absolute Gasteiger partial charge is 0.273 e. The lowest BCUT2D eigenvalue weighted by molar-refractivity contribution is -0.384. The van der Waals surface area contributed by atoms with E-state index in [1.165, 1.54) is 24.3 Å². The standard InChI is InChI=1S/C24H19N3O5/c1-15-7-5-6-10-19(15)21-20-22(32-26(21)17-8-3-2-4-9-17)24(29)25(23(20)28)16-11-13-18(14-12-16)27(30)31/h2-14,20-22H,1H3/t20-,21-,22-/m0/s1. The van der Waals surface area contributed by atoms with Crippen LogP contribution in [0.1, 0.15) is 17.2 Å². The Balaban J connectivity index is 1.57. The summed E-state index contributed by atoms with van der Waals surface area (Å²) < 4.78 is 0. The fraction of sp³-hybridized carbons (Fsp3) is 0.167. The van der Waals surface area contributed by atoms with Crippen LogP contribution in [0.3, 0.4) is 0 Å². The van der Waals surface area contributed by atoms with Crippen LogP contribution in [0.2, 0.25) is 0 Å². The molecule has 0 unspecified atom stereocenters. The van der Waals surface area contributed by atoms with Gasteiger partial charge in [-0.15, -0.1) is 0 Å². The zero-order valence-electron chi connectivity index (χ0n) is 17.1. The number of benzene rings is 3. The molecule has 3 aromatic carbocycles. The van der Waals surface area contributed by atoms with Gasteiger partial charge in [-0.1, -0.05) is 42.5 Å². The molecule has 0 bridgehead atoms. The molecule has 3 atom stereocenters. The van der Waals surface area contributed by atoms with E-state index in [-0.39, 0.29) is 11.6 Å². The van der Waals surface area contributed by atoms with Gasteiger partial charge in [-0.25, -0.2) is 9.96 Å². The lowest BCUT2D eigenvalue weighted by atomic mass is 9.88. The van der Waals surface area contributed by atoms with E-state index in [0.29, 0.717) is 5.69 Å². The first-order valence-corrected chi connectivity index (χ1v) is 10.2. The van der Waals surface area contributed by atoms with Crippen LogP contribution in [0, 0.1) is 23.0 Å². The van der Waals surface area contributed by atoms with Crippen molar-refractivity contribution in [1.29, 1.82) is 0 Å². The normalized spacial score (nSPS) is 22.3. The van der Waals surface area contributed by atoms with Crippen LogP contribution in [-0.2, 0) is 14.4 Å². The number of para-hydroxylation sites is 1. The Labute approximate surface area is 183 Å². The minimum absolute atomic E-state index is 0.114. The molecule has 0 spiro atoms. The van der Waals surface area contributed by atoms with Gasteiger partial charge in [0.25, 0.3) is 11.6 Å². The molecule has 2 heterocycles. The van der Waals surface area contributed by atoms with Crippen molar-refractivity contribution >= 4 is 28.9 Å². The maximum absolute atomic E-state index is 13.6. The molecule has 0 aromatic heterocycles. The highest BCUT2D eigenvalue weighted by atomic mass is 16.7. The number of nitrogens with zero attached hydrogens (tertiary/aromatic N) is 3. The van der Waals surface area contributed by atoms with Crippen LogP contribution >= 0.6 is 0 Å². The summed E-state index contributed by atoms with van der Waals surface area (Å²) in [5.74, 6) is -1.62. The van der Waals surface area contributed by atoms with Crippen LogP contribution in [-0.4, -0.2) is 22.8 Å². The maximum atomic E-state index is 13.6. The monoisotopic (exact) mass is 429 g/mol. The third kappa shape index (κ3) is 3.04. The van der Waals surface area contributed by atoms with E-state index in [1.54, 1.807) is 5.06 Å². The quantitative estimate of drug-likeness (QED) is 0.354. The van der Waals surface area contributed by atoms with Gasteiger partial charge in [0.05, 0.1) is 22.3 Å². The van der Waals surface area contributed by atoms with Crippen molar-refractivity contribution in [3.63, 3.8) is 0 Å². The number of fused-ring (bicyclic) bond motifs is 1. The number of aryl methyl sites for hydroxylation is 1. The molecule has 2 amide bonds. The summed E-state index contributed by atoms with van der Waals surface area (Å²) in [5, 5.41) is 12.6. The number of anilines is 2. The number of non-ortho nitro benzene ring substituents is 1. The van der Waals surface area contributed by atoms with Crippen LogP contribution in [0.4, 0.5) is 17.1 Å². The number of amides is 2. The van der Waals surface area contributed by atoms with Crippen molar-refractivity contribution in [3.8, 4) is 0 Å². The summed E-state index contributed by atoms with van der Waals surface area (Å²) in [6.45, 7) is 1.96. The smallest absolute Gasteiger partial charge is 0.269 e. The van der Waals surface area contributed by atoms with Gasteiger partial charge >= 0.3 is 0 Å². The highest BCUT2D eigenvalue weighted by molar-refractivity contribution is 6.24. The first-order valence-electron chi connectivity index (χ1n) is 10.2. The summed E-state index contributed by atoms with van der Waals surface area (Å²) in [7, 11) is 0. The molecular formula is C24H19N3O5. The minimum atomic E-state index is -0.984. The van der Waals surface area contributed by atoms with Crippen LogP contribution in [0.15, 0.2) is 78.9 Å². The molecule has 3 aromatic rings. The molecule has 0 N–H and O–H groups in total. The summed E-state index contributed by atoms with van der Waals surface area (Å²) >= 11 is 0. The zero-order chi connectivity index (χ0) is 22.4. The van der Waals surface area contributed by atoms with Gasteiger partial charge in [0, 0.05) is 12.1 Å². The molecule has 0 aliphatic carbocycles. The molecule has 2 aliphatic rings. The van der Waals surface area contributed by atoms with Gasteiger partial charge in [-0.2, -0.15) is 0 Å². The second-order valence-corrected chi connectivity index (χ2v) is 7.80. The summed E-state index contributed by atoms with van der Waals surface area (Å²) in [6, 6.07) is 22.0. The third-order valence-corrected chi connectivity index (χ3v) is 5.95. The number of nitro groups is 1. The molecule has 8 nitrogen and oxygen atoms in total. The highest BCUT2D eigenvalue weighted by Gasteiger charge is 2.60. The number of hydrogen-bond acceptors (Lipinski definition) is 6. The Kier molecular flexibility index (Phi) is 4.71. The summed E-state index contributed by atoms with van der Waals surface area (Å²) in [6.07, 6.45) is -0.984. The molecule has 5 rings (SSSR count). The third-order valence-electron chi connectivity index (χ3n) is 5.95. The van der Waals surface area contributed by atoms with Crippen molar-refractivity contribution in [2.45, 2.75) is 19.1 Å². The van der Waals surface area contributed by atoms with E-state index in [4.69, 9.17) is 4.84 Å². The molecule has 8 heteroatoms.